The first-order valence-corrected chi connectivity index (χ1v) is 23.6. The van der Waals surface area contributed by atoms with Crippen molar-refractivity contribution in [2.24, 2.45) is 0 Å². The second-order valence-corrected chi connectivity index (χ2v) is 18.3. The van der Waals surface area contributed by atoms with Crippen LogP contribution in [0, 0.1) is 0 Å². The van der Waals surface area contributed by atoms with Crippen LogP contribution in [0.4, 0.5) is 0 Å². The summed E-state index contributed by atoms with van der Waals surface area (Å²) in [5.74, 6) is 1.78. The summed E-state index contributed by atoms with van der Waals surface area (Å²) in [4.78, 5) is 16.4. The molecule has 3 aromatic heterocycles. The lowest BCUT2D eigenvalue weighted by atomic mass is 9.70. The quantitative estimate of drug-likeness (QED) is 0.173. The number of hydrogen-bond acceptors (Lipinski definition) is 3. The smallest absolute Gasteiger partial charge is 0.238 e. The number of nitrogens with zero attached hydrogens (tertiary/aromatic N) is 5. The molecule has 0 fully saturated rings. The molecule has 5 nitrogen and oxygen atoms in total. The fourth-order valence-corrected chi connectivity index (χ4v) is 12.0. The highest BCUT2D eigenvalue weighted by Crippen LogP contribution is 2.63. The number of aromatic nitrogens is 5. The second-order valence-electron chi connectivity index (χ2n) is 18.3. The first kappa shape index (κ1) is 38.0. The van der Waals surface area contributed by atoms with Gasteiger partial charge in [-0.05, 0) is 86.0 Å². The van der Waals surface area contributed by atoms with Crippen LogP contribution in [0.1, 0.15) is 22.3 Å². The second kappa shape index (κ2) is 14.4. The van der Waals surface area contributed by atoms with E-state index in [1.54, 1.807) is 0 Å². The average Bonchev–Trinajstić information content (AvgIpc) is 4.13. The Balaban J connectivity index is 1.03. The van der Waals surface area contributed by atoms with Crippen molar-refractivity contribution in [1.29, 1.82) is 0 Å². The van der Waals surface area contributed by atoms with Crippen molar-refractivity contribution in [3.8, 4) is 67.8 Å². The van der Waals surface area contributed by atoms with E-state index in [9.17, 15) is 0 Å². The summed E-state index contributed by atoms with van der Waals surface area (Å²) in [7, 11) is 0. The molecule has 69 heavy (non-hydrogen) atoms. The molecular formula is C64H39N5. The van der Waals surface area contributed by atoms with Crippen LogP contribution in [0.3, 0.4) is 0 Å². The Hall–Kier alpha value is -9.19. The highest BCUT2D eigenvalue weighted by atomic mass is 15.2. The van der Waals surface area contributed by atoms with Gasteiger partial charge < -0.3 is 4.57 Å². The van der Waals surface area contributed by atoms with E-state index in [0.717, 1.165) is 60.6 Å². The maximum atomic E-state index is 5.60. The molecule has 5 heteroatoms. The summed E-state index contributed by atoms with van der Waals surface area (Å²) in [6.45, 7) is 0. The van der Waals surface area contributed by atoms with Crippen LogP contribution in [-0.4, -0.2) is 24.1 Å². The zero-order chi connectivity index (χ0) is 45.2. The zero-order valence-corrected chi connectivity index (χ0v) is 37.3. The summed E-state index contributed by atoms with van der Waals surface area (Å²) in [6, 6.07) is 85.5. The Morgan fingerprint density at radius 2 is 0.768 bits per heavy atom. The van der Waals surface area contributed by atoms with E-state index in [1.165, 1.54) is 55.5 Å². The van der Waals surface area contributed by atoms with Crippen molar-refractivity contribution in [2.45, 2.75) is 5.41 Å². The molecule has 0 bridgehead atoms. The standard InChI is InChI=1S/C64H39N5/c1-3-18-40(19-4-1)42-22-17-23-44(38-42)68-57-32-15-10-27-49(57)51-36-37-52-50-28-11-16-33-58(50)69(60(52)59(51)68)63-66-61(41-20-5-2-6-21-41)65-62(67-63)43-34-35-48-47-26-9-14-31-55(47)64(56(48)39-43)53-29-12-7-24-45(53)46-25-8-13-30-54(46)64/h1-39H. The molecular weight excluding hydrogens is 839 g/mol. The minimum Gasteiger partial charge on any atom is -0.307 e. The topological polar surface area (TPSA) is 48.5 Å². The average molecular weight is 878 g/mol. The predicted molar refractivity (Wildman–Crippen MR) is 281 cm³/mol. The highest BCUT2D eigenvalue weighted by Gasteiger charge is 2.51. The third-order valence-corrected chi connectivity index (χ3v) is 14.8. The number of para-hydroxylation sites is 2. The van der Waals surface area contributed by atoms with Crippen LogP contribution in [0.2, 0.25) is 0 Å². The van der Waals surface area contributed by atoms with E-state index in [0.29, 0.717) is 17.6 Å². The summed E-state index contributed by atoms with van der Waals surface area (Å²) < 4.78 is 4.72. The number of hydrogen-bond donors (Lipinski definition) is 0. The molecule has 3 heterocycles. The van der Waals surface area contributed by atoms with Crippen molar-refractivity contribution < 1.29 is 0 Å². The normalized spacial score (nSPS) is 13.0. The van der Waals surface area contributed by atoms with Crippen molar-refractivity contribution in [2.75, 3.05) is 0 Å². The molecule has 0 atom stereocenters. The Labute approximate surface area is 397 Å². The van der Waals surface area contributed by atoms with Crippen molar-refractivity contribution in [3.63, 3.8) is 0 Å². The third kappa shape index (κ3) is 5.27. The molecule has 10 aromatic carbocycles. The molecule has 0 radical (unpaired) electrons. The molecule has 0 saturated carbocycles. The van der Waals surface area contributed by atoms with Gasteiger partial charge in [0.25, 0.3) is 0 Å². The predicted octanol–water partition coefficient (Wildman–Crippen LogP) is 15.4. The molecule has 2 aliphatic rings. The van der Waals surface area contributed by atoms with Crippen LogP contribution in [0.15, 0.2) is 237 Å². The van der Waals surface area contributed by atoms with Gasteiger partial charge in [0.05, 0.1) is 27.5 Å². The maximum absolute atomic E-state index is 5.60. The number of rotatable bonds is 5. The molecule has 0 unspecified atom stereocenters. The molecule has 2 aliphatic carbocycles. The highest BCUT2D eigenvalue weighted by molar-refractivity contribution is 6.23. The molecule has 0 amide bonds. The first-order chi connectivity index (χ1) is 34.2. The van der Waals surface area contributed by atoms with Crippen molar-refractivity contribution >= 4 is 43.6 Å². The Morgan fingerprint density at radius 3 is 1.39 bits per heavy atom. The molecule has 0 N–H and O–H groups in total. The molecule has 320 valence electrons. The van der Waals surface area contributed by atoms with Gasteiger partial charge in [0.15, 0.2) is 11.6 Å². The van der Waals surface area contributed by atoms with E-state index >= 15 is 0 Å². The van der Waals surface area contributed by atoms with E-state index in [2.05, 4.69) is 240 Å². The van der Waals surface area contributed by atoms with Gasteiger partial charge in [-0.15, -0.1) is 0 Å². The molecule has 13 aromatic rings. The van der Waals surface area contributed by atoms with Crippen LogP contribution >= 0.6 is 0 Å². The van der Waals surface area contributed by atoms with Gasteiger partial charge in [0.1, 0.15) is 0 Å². The van der Waals surface area contributed by atoms with Gasteiger partial charge in [-0.2, -0.15) is 9.97 Å². The van der Waals surface area contributed by atoms with Gasteiger partial charge in [-0.25, -0.2) is 4.98 Å². The molecule has 0 aliphatic heterocycles. The fraction of sp³-hybridized carbons (Fsp3) is 0.0156. The Bertz CT molecular complexity index is 4190. The number of benzene rings is 10. The number of fused-ring (bicyclic) bond motifs is 17. The largest absolute Gasteiger partial charge is 0.307 e. The lowest BCUT2D eigenvalue weighted by Crippen LogP contribution is -2.25. The Morgan fingerprint density at radius 1 is 0.290 bits per heavy atom. The van der Waals surface area contributed by atoms with E-state index in [4.69, 9.17) is 15.0 Å². The minimum absolute atomic E-state index is 0.503. The van der Waals surface area contributed by atoms with Crippen molar-refractivity contribution in [1.82, 2.24) is 24.1 Å². The summed E-state index contributed by atoms with van der Waals surface area (Å²) in [5, 5.41) is 4.59. The summed E-state index contributed by atoms with van der Waals surface area (Å²) >= 11 is 0. The lowest BCUT2D eigenvalue weighted by Gasteiger charge is -2.30. The SMILES string of the molecule is c1ccc(-c2cccc(-n3c4ccccc4c4ccc5c6ccccc6n(-c6nc(-c7ccccc7)nc(-c7ccc8c(c7)C7(c9ccccc9-c9ccccc97)c7ccccc7-8)n6)c5c43)c2)cc1. The Kier molecular flexibility index (Phi) is 7.93. The first-order valence-electron chi connectivity index (χ1n) is 23.6. The van der Waals surface area contributed by atoms with Gasteiger partial charge in [-0.1, -0.05) is 206 Å². The van der Waals surface area contributed by atoms with E-state index in [-0.39, 0.29) is 0 Å². The van der Waals surface area contributed by atoms with Gasteiger partial charge in [0, 0.05) is 38.4 Å². The molecule has 0 saturated heterocycles. The molecule has 1 spiro atoms. The van der Waals surface area contributed by atoms with Crippen LogP contribution in [-0.2, 0) is 5.41 Å². The van der Waals surface area contributed by atoms with Gasteiger partial charge in [-0.3, -0.25) is 4.57 Å². The van der Waals surface area contributed by atoms with E-state index in [1.807, 2.05) is 6.07 Å². The van der Waals surface area contributed by atoms with Crippen LogP contribution in [0.25, 0.3) is 111 Å². The summed E-state index contributed by atoms with van der Waals surface area (Å²) in [5.41, 5.74) is 19.2. The molecule has 15 rings (SSSR count). The summed E-state index contributed by atoms with van der Waals surface area (Å²) in [6.07, 6.45) is 0. The van der Waals surface area contributed by atoms with Gasteiger partial charge in [0.2, 0.25) is 5.95 Å². The van der Waals surface area contributed by atoms with E-state index < -0.39 is 5.41 Å². The van der Waals surface area contributed by atoms with Crippen molar-refractivity contribution in [3.05, 3.63) is 259 Å². The maximum Gasteiger partial charge on any atom is 0.238 e. The fourth-order valence-electron chi connectivity index (χ4n) is 12.0. The van der Waals surface area contributed by atoms with Gasteiger partial charge >= 0.3 is 0 Å². The zero-order valence-electron chi connectivity index (χ0n) is 37.3. The van der Waals surface area contributed by atoms with Crippen LogP contribution < -0.4 is 0 Å². The minimum atomic E-state index is -0.503. The monoisotopic (exact) mass is 877 g/mol. The lowest BCUT2D eigenvalue weighted by molar-refractivity contribution is 0.793. The third-order valence-electron chi connectivity index (χ3n) is 14.8. The van der Waals surface area contributed by atoms with Crippen LogP contribution in [0.5, 0.6) is 0 Å².